The van der Waals surface area contributed by atoms with Crippen molar-refractivity contribution in [3.05, 3.63) is 95.1 Å². The van der Waals surface area contributed by atoms with Crippen LogP contribution in [0.2, 0.25) is 0 Å². The van der Waals surface area contributed by atoms with Gasteiger partial charge in [-0.05, 0) is 61.2 Å². The zero-order valence-corrected chi connectivity index (χ0v) is 18.2. The maximum Gasteiger partial charge on any atom is 0.254 e. The van der Waals surface area contributed by atoms with Crippen LogP contribution < -0.4 is 15.1 Å². The van der Waals surface area contributed by atoms with E-state index >= 15 is 0 Å². The number of para-hydroxylation sites is 1. The molecule has 2 aliphatic rings. The second-order valence-electron chi connectivity index (χ2n) is 8.41. The molecule has 0 bridgehead atoms. The molecule has 4 heteroatoms. The van der Waals surface area contributed by atoms with E-state index in [9.17, 15) is 4.79 Å². The average molecular weight is 412 g/mol. The molecule has 0 aromatic heterocycles. The van der Waals surface area contributed by atoms with Crippen LogP contribution >= 0.6 is 0 Å². The maximum absolute atomic E-state index is 12.9. The molecule has 0 unspecified atom stereocenters. The Balaban J connectivity index is 1.51. The van der Waals surface area contributed by atoms with Crippen LogP contribution in [0, 0.1) is 0 Å². The average Bonchev–Trinajstić information content (AvgIpc) is 2.81. The number of benzene rings is 3. The van der Waals surface area contributed by atoms with Crippen molar-refractivity contribution in [3.63, 3.8) is 0 Å². The van der Waals surface area contributed by atoms with Gasteiger partial charge in [0.25, 0.3) is 5.91 Å². The molecular formula is C27H29N3O. The number of nitrogens with zero attached hydrogens (tertiary/aromatic N) is 2. The molecule has 1 amide bonds. The lowest BCUT2D eigenvalue weighted by molar-refractivity contribution is 0.0916. The van der Waals surface area contributed by atoms with E-state index in [1.807, 2.05) is 18.2 Å². The summed E-state index contributed by atoms with van der Waals surface area (Å²) < 4.78 is 0. The van der Waals surface area contributed by atoms with Crippen molar-refractivity contribution >= 4 is 17.3 Å². The van der Waals surface area contributed by atoms with Crippen molar-refractivity contribution < 1.29 is 4.79 Å². The number of anilines is 2. The minimum atomic E-state index is -0.0419. The normalized spacial score (nSPS) is 19.2. The molecule has 31 heavy (non-hydrogen) atoms. The summed E-state index contributed by atoms with van der Waals surface area (Å²) in [5.74, 6) is 0.222. The molecule has 4 nitrogen and oxygen atoms in total. The van der Waals surface area contributed by atoms with Crippen molar-refractivity contribution in [3.8, 4) is 0 Å². The number of fused-ring (bicyclic) bond motifs is 4. The van der Waals surface area contributed by atoms with Crippen LogP contribution in [0.15, 0.2) is 72.8 Å². The largest absolute Gasteiger partial charge is 0.372 e. The summed E-state index contributed by atoms with van der Waals surface area (Å²) in [5.41, 5.74) is 7.05. The first-order valence-electron chi connectivity index (χ1n) is 11.3. The van der Waals surface area contributed by atoms with Gasteiger partial charge in [0.15, 0.2) is 0 Å². The van der Waals surface area contributed by atoms with Gasteiger partial charge in [0.2, 0.25) is 0 Å². The van der Waals surface area contributed by atoms with Gasteiger partial charge in [-0.3, -0.25) is 4.79 Å². The van der Waals surface area contributed by atoms with Gasteiger partial charge >= 0.3 is 0 Å². The minimum absolute atomic E-state index is 0.0260. The first kappa shape index (κ1) is 19.7. The van der Waals surface area contributed by atoms with Gasteiger partial charge in [-0.15, -0.1) is 0 Å². The first-order valence-corrected chi connectivity index (χ1v) is 11.3. The molecule has 0 saturated heterocycles. The van der Waals surface area contributed by atoms with Crippen LogP contribution in [0.25, 0.3) is 0 Å². The third-order valence-corrected chi connectivity index (χ3v) is 6.77. The molecule has 3 aromatic rings. The van der Waals surface area contributed by atoms with Crippen molar-refractivity contribution in [1.82, 2.24) is 5.32 Å². The Labute approximate surface area is 184 Å². The number of rotatable bonds is 5. The summed E-state index contributed by atoms with van der Waals surface area (Å²) in [7, 11) is 0. The molecule has 1 N–H and O–H groups in total. The lowest BCUT2D eigenvalue weighted by Crippen LogP contribution is -2.57. The van der Waals surface area contributed by atoms with Crippen molar-refractivity contribution in [1.29, 1.82) is 0 Å². The van der Waals surface area contributed by atoms with E-state index in [-0.39, 0.29) is 18.0 Å². The van der Waals surface area contributed by atoms with Gasteiger partial charge in [0.05, 0.1) is 11.3 Å². The van der Waals surface area contributed by atoms with Crippen LogP contribution in [-0.2, 0) is 13.0 Å². The topological polar surface area (TPSA) is 35.6 Å². The van der Waals surface area contributed by atoms with Crippen molar-refractivity contribution in [2.45, 2.75) is 38.9 Å². The number of hydrogen-bond acceptors (Lipinski definition) is 3. The highest BCUT2D eigenvalue weighted by Crippen LogP contribution is 2.40. The summed E-state index contributed by atoms with van der Waals surface area (Å²) >= 11 is 0. The summed E-state index contributed by atoms with van der Waals surface area (Å²) in [5, 5.41) is 3.31. The summed E-state index contributed by atoms with van der Waals surface area (Å²) in [6.07, 6.45) is 0.846. The number of hydrogen-bond donors (Lipinski definition) is 1. The van der Waals surface area contributed by atoms with E-state index in [4.69, 9.17) is 0 Å². The maximum atomic E-state index is 12.9. The zero-order chi connectivity index (χ0) is 21.4. The molecule has 0 radical (unpaired) electrons. The lowest BCUT2D eigenvalue weighted by Gasteiger charge is -2.47. The Hall–Kier alpha value is -3.27. The van der Waals surface area contributed by atoms with Gasteiger partial charge in [0, 0.05) is 31.2 Å². The predicted octanol–water partition coefficient (Wildman–Crippen LogP) is 4.95. The van der Waals surface area contributed by atoms with Crippen LogP contribution in [-0.4, -0.2) is 25.2 Å². The molecule has 2 aliphatic heterocycles. The summed E-state index contributed by atoms with van der Waals surface area (Å²) in [6, 6.07) is 25.6. The predicted molar refractivity (Wildman–Crippen MR) is 127 cm³/mol. The second-order valence-corrected chi connectivity index (χ2v) is 8.41. The van der Waals surface area contributed by atoms with Crippen LogP contribution in [0.1, 0.15) is 46.8 Å². The van der Waals surface area contributed by atoms with E-state index in [0.717, 1.165) is 37.3 Å². The monoisotopic (exact) mass is 411 g/mol. The molecule has 0 spiro atoms. The third kappa shape index (κ3) is 3.46. The zero-order valence-electron chi connectivity index (χ0n) is 18.2. The lowest BCUT2D eigenvalue weighted by atomic mass is 9.81. The van der Waals surface area contributed by atoms with Crippen molar-refractivity contribution in [2.24, 2.45) is 0 Å². The van der Waals surface area contributed by atoms with Crippen molar-refractivity contribution in [2.75, 3.05) is 22.9 Å². The Bertz CT molecular complexity index is 1090. The highest BCUT2D eigenvalue weighted by atomic mass is 16.2. The smallest absolute Gasteiger partial charge is 0.254 e. The highest BCUT2D eigenvalue weighted by molar-refractivity contribution is 6.02. The van der Waals surface area contributed by atoms with E-state index in [0.29, 0.717) is 0 Å². The van der Waals surface area contributed by atoms with Crippen LogP contribution in [0.4, 0.5) is 11.4 Å². The number of amides is 1. The minimum Gasteiger partial charge on any atom is -0.372 e. The summed E-state index contributed by atoms with van der Waals surface area (Å²) in [4.78, 5) is 17.6. The van der Waals surface area contributed by atoms with Gasteiger partial charge in [0.1, 0.15) is 6.17 Å². The molecule has 3 aromatic carbocycles. The van der Waals surface area contributed by atoms with E-state index in [1.54, 1.807) is 0 Å². The highest BCUT2D eigenvalue weighted by Gasteiger charge is 2.40. The second kappa shape index (κ2) is 8.10. The molecule has 0 saturated carbocycles. The molecule has 158 valence electrons. The van der Waals surface area contributed by atoms with Gasteiger partial charge < -0.3 is 15.1 Å². The molecular weight excluding hydrogens is 382 g/mol. The molecule has 0 aliphatic carbocycles. The first-order chi connectivity index (χ1) is 15.2. The van der Waals surface area contributed by atoms with Gasteiger partial charge in [-0.25, -0.2) is 0 Å². The Kier molecular flexibility index (Phi) is 5.14. The fourth-order valence-corrected chi connectivity index (χ4v) is 5.16. The van der Waals surface area contributed by atoms with Crippen LogP contribution in [0.5, 0.6) is 0 Å². The number of carbonyl (C=O) groups is 1. The van der Waals surface area contributed by atoms with Crippen LogP contribution in [0.3, 0.4) is 0 Å². The molecule has 0 fully saturated rings. The van der Waals surface area contributed by atoms with Gasteiger partial charge in [-0.1, -0.05) is 48.5 Å². The van der Waals surface area contributed by atoms with E-state index in [2.05, 4.69) is 83.6 Å². The number of carbonyl (C=O) groups excluding carboxylic acids is 1. The van der Waals surface area contributed by atoms with E-state index < -0.39 is 0 Å². The Morgan fingerprint density at radius 1 is 0.935 bits per heavy atom. The molecule has 2 heterocycles. The van der Waals surface area contributed by atoms with E-state index in [1.165, 1.54) is 22.4 Å². The summed E-state index contributed by atoms with van der Waals surface area (Å²) in [6.45, 7) is 7.21. The Morgan fingerprint density at radius 3 is 2.42 bits per heavy atom. The number of nitrogens with one attached hydrogen (secondary N) is 1. The fraction of sp³-hybridized carbons (Fsp3) is 0.296. The standard InChI is InChI=1S/C27H29N3O/c1-3-29(4-2)21-15-13-19(14-16-21)17-24-22-10-6-5-9-20(22)18-30-25-12-8-7-11-23(25)27(31)28-26(24)30/h5-16,24,26H,3-4,17-18H2,1-2H3,(H,28,31)/t24-,26-/m0/s1. The van der Waals surface area contributed by atoms with Gasteiger partial charge in [-0.2, -0.15) is 0 Å². The SMILES string of the molecule is CCN(CC)c1ccc(C[C@H]2c3ccccc3CN3c4ccccc4C(=O)N[C@H]23)cc1. The molecule has 2 atom stereocenters. The third-order valence-electron chi connectivity index (χ3n) is 6.77. The Morgan fingerprint density at radius 2 is 1.65 bits per heavy atom. The fourth-order valence-electron chi connectivity index (χ4n) is 5.16. The molecule has 5 rings (SSSR count). The quantitative estimate of drug-likeness (QED) is 0.645.